The highest BCUT2D eigenvalue weighted by molar-refractivity contribution is 5.97. The average molecular weight is 299 g/mol. The van der Waals surface area contributed by atoms with E-state index in [-0.39, 0.29) is 18.6 Å². The summed E-state index contributed by atoms with van der Waals surface area (Å²) in [5, 5.41) is 4.80. The summed E-state index contributed by atoms with van der Waals surface area (Å²) in [7, 11) is 1.33. The molecule has 0 aromatic rings. The fourth-order valence-electron chi connectivity index (χ4n) is 2.60. The van der Waals surface area contributed by atoms with Gasteiger partial charge in [-0.3, -0.25) is 19.8 Å². The van der Waals surface area contributed by atoms with Crippen LogP contribution in [0.5, 0.6) is 0 Å². The normalized spacial score (nSPS) is 16.6. The number of esters is 1. The number of imide groups is 1. The predicted molar refractivity (Wildman–Crippen MR) is 77.7 cm³/mol. The topological polar surface area (TPSA) is 87.7 Å². The first-order chi connectivity index (χ1) is 9.99. The van der Waals surface area contributed by atoms with Crippen molar-refractivity contribution in [2.24, 2.45) is 0 Å². The average Bonchev–Trinajstić information content (AvgIpc) is 2.97. The summed E-state index contributed by atoms with van der Waals surface area (Å²) in [6.45, 7) is 3.98. The van der Waals surface area contributed by atoms with Gasteiger partial charge in [0.25, 0.3) is 0 Å². The molecular weight excluding hydrogens is 274 g/mol. The lowest BCUT2D eigenvalue weighted by Gasteiger charge is -2.32. The van der Waals surface area contributed by atoms with E-state index in [4.69, 9.17) is 4.74 Å². The first-order valence-corrected chi connectivity index (χ1v) is 7.40. The number of rotatable bonds is 6. The zero-order valence-electron chi connectivity index (χ0n) is 13.0. The minimum Gasteiger partial charge on any atom is -0.468 e. The van der Waals surface area contributed by atoms with Crippen LogP contribution in [-0.2, 0) is 14.3 Å². The molecule has 1 rings (SSSR count). The molecule has 0 heterocycles. The SMILES string of the molecule is CCNC(=O)NC(=O)C(C)N(CC(=O)OC)C1CCCC1. The van der Waals surface area contributed by atoms with Crippen LogP contribution in [0.15, 0.2) is 0 Å². The molecule has 120 valence electrons. The molecule has 21 heavy (non-hydrogen) atoms. The Hall–Kier alpha value is -1.63. The van der Waals surface area contributed by atoms with E-state index in [9.17, 15) is 14.4 Å². The van der Waals surface area contributed by atoms with Crippen LogP contribution in [0.4, 0.5) is 4.79 Å². The molecule has 1 aliphatic rings. The van der Waals surface area contributed by atoms with Crippen molar-refractivity contribution in [1.82, 2.24) is 15.5 Å². The molecule has 0 aliphatic heterocycles. The number of hydrogen-bond acceptors (Lipinski definition) is 5. The Kier molecular flexibility index (Phi) is 7.14. The van der Waals surface area contributed by atoms with Crippen LogP contribution in [0.1, 0.15) is 39.5 Å². The van der Waals surface area contributed by atoms with Gasteiger partial charge in [-0.25, -0.2) is 4.79 Å². The third kappa shape index (κ3) is 5.34. The molecule has 0 aromatic carbocycles. The lowest BCUT2D eigenvalue weighted by atomic mass is 10.1. The van der Waals surface area contributed by atoms with Gasteiger partial charge >= 0.3 is 12.0 Å². The second-order valence-corrected chi connectivity index (χ2v) is 5.21. The maximum absolute atomic E-state index is 12.1. The van der Waals surface area contributed by atoms with Crippen LogP contribution in [0.3, 0.4) is 0 Å². The first-order valence-electron chi connectivity index (χ1n) is 7.40. The van der Waals surface area contributed by atoms with Crippen molar-refractivity contribution in [3.8, 4) is 0 Å². The highest BCUT2D eigenvalue weighted by Crippen LogP contribution is 2.25. The standard InChI is InChI=1S/C14H25N3O4/c1-4-15-14(20)16-13(19)10(2)17(9-12(18)21-3)11-7-5-6-8-11/h10-11H,4-9H2,1-3H3,(H2,15,16,19,20). The molecular formula is C14H25N3O4. The van der Waals surface area contributed by atoms with E-state index >= 15 is 0 Å². The van der Waals surface area contributed by atoms with Crippen molar-refractivity contribution in [3.05, 3.63) is 0 Å². The summed E-state index contributed by atoms with van der Waals surface area (Å²) in [5.41, 5.74) is 0. The van der Waals surface area contributed by atoms with E-state index in [1.54, 1.807) is 13.8 Å². The fraction of sp³-hybridized carbons (Fsp3) is 0.786. The lowest BCUT2D eigenvalue weighted by molar-refractivity contribution is -0.144. The lowest BCUT2D eigenvalue weighted by Crippen LogP contribution is -2.53. The van der Waals surface area contributed by atoms with Gasteiger partial charge in [0.15, 0.2) is 0 Å². The summed E-state index contributed by atoms with van der Waals surface area (Å²) in [4.78, 5) is 36.9. The number of carbonyl (C=O) groups is 3. The van der Waals surface area contributed by atoms with Gasteiger partial charge in [0, 0.05) is 12.6 Å². The summed E-state index contributed by atoms with van der Waals surface area (Å²) in [6, 6.07) is -0.896. The van der Waals surface area contributed by atoms with Gasteiger partial charge in [0.2, 0.25) is 5.91 Å². The highest BCUT2D eigenvalue weighted by Gasteiger charge is 2.32. The fourth-order valence-corrected chi connectivity index (χ4v) is 2.60. The van der Waals surface area contributed by atoms with Crippen LogP contribution < -0.4 is 10.6 Å². The Labute approximate surface area is 125 Å². The summed E-state index contributed by atoms with van der Waals surface area (Å²) < 4.78 is 4.70. The van der Waals surface area contributed by atoms with Gasteiger partial charge < -0.3 is 10.1 Å². The van der Waals surface area contributed by atoms with Gasteiger partial charge in [-0.15, -0.1) is 0 Å². The third-order valence-corrected chi connectivity index (χ3v) is 3.78. The Morgan fingerprint density at radius 3 is 2.43 bits per heavy atom. The van der Waals surface area contributed by atoms with Crippen LogP contribution in [0, 0.1) is 0 Å². The molecule has 1 aliphatic carbocycles. The third-order valence-electron chi connectivity index (χ3n) is 3.78. The molecule has 1 atom stereocenters. The zero-order valence-corrected chi connectivity index (χ0v) is 13.0. The number of carbonyl (C=O) groups excluding carboxylic acids is 3. The number of methoxy groups -OCH3 is 1. The maximum Gasteiger partial charge on any atom is 0.321 e. The van der Waals surface area contributed by atoms with Crippen molar-refractivity contribution >= 4 is 17.9 Å². The predicted octanol–water partition coefficient (Wildman–Crippen LogP) is 0.638. The number of nitrogens with one attached hydrogen (secondary N) is 2. The van der Waals surface area contributed by atoms with Crippen LogP contribution in [-0.4, -0.2) is 55.1 Å². The van der Waals surface area contributed by atoms with E-state index in [1.165, 1.54) is 7.11 Å². The Morgan fingerprint density at radius 2 is 1.90 bits per heavy atom. The molecule has 1 fully saturated rings. The second kappa shape index (κ2) is 8.61. The van der Waals surface area contributed by atoms with E-state index in [0.717, 1.165) is 25.7 Å². The van der Waals surface area contributed by atoms with Crippen molar-refractivity contribution < 1.29 is 19.1 Å². The number of amides is 3. The van der Waals surface area contributed by atoms with Crippen molar-refractivity contribution in [3.63, 3.8) is 0 Å². The molecule has 1 saturated carbocycles. The van der Waals surface area contributed by atoms with Gasteiger partial charge in [-0.1, -0.05) is 12.8 Å². The van der Waals surface area contributed by atoms with Gasteiger partial charge in [-0.2, -0.15) is 0 Å². The number of ether oxygens (including phenoxy) is 1. The maximum atomic E-state index is 12.1. The largest absolute Gasteiger partial charge is 0.468 e. The molecule has 0 aromatic heterocycles. The zero-order chi connectivity index (χ0) is 15.8. The van der Waals surface area contributed by atoms with Crippen molar-refractivity contribution in [2.45, 2.75) is 51.6 Å². The van der Waals surface area contributed by atoms with E-state index in [2.05, 4.69) is 10.6 Å². The van der Waals surface area contributed by atoms with Gasteiger partial charge in [0.05, 0.1) is 19.7 Å². The molecule has 2 N–H and O–H groups in total. The molecule has 0 radical (unpaired) electrons. The van der Waals surface area contributed by atoms with Crippen LogP contribution in [0.25, 0.3) is 0 Å². The molecule has 3 amide bonds. The molecule has 7 heteroatoms. The quantitative estimate of drug-likeness (QED) is 0.703. The van der Waals surface area contributed by atoms with Crippen LogP contribution in [0.2, 0.25) is 0 Å². The van der Waals surface area contributed by atoms with E-state index in [0.29, 0.717) is 6.54 Å². The van der Waals surface area contributed by atoms with Crippen molar-refractivity contribution in [1.29, 1.82) is 0 Å². The summed E-state index contributed by atoms with van der Waals surface area (Å²) in [6.07, 6.45) is 4.09. The Morgan fingerprint density at radius 1 is 1.29 bits per heavy atom. The molecule has 0 bridgehead atoms. The molecule has 7 nitrogen and oxygen atoms in total. The summed E-state index contributed by atoms with van der Waals surface area (Å²) in [5.74, 6) is -0.781. The number of urea groups is 1. The van der Waals surface area contributed by atoms with Gasteiger partial charge in [0.1, 0.15) is 0 Å². The Balaban J connectivity index is 2.68. The Bertz CT molecular complexity index is 380. The second-order valence-electron chi connectivity index (χ2n) is 5.21. The minimum absolute atomic E-state index is 0.0607. The number of nitrogens with zero attached hydrogens (tertiary/aromatic N) is 1. The minimum atomic E-state index is -0.560. The van der Waals surface area contributed by atoms with Gasteiger partial charge in [-0.05, 0) is 26.7 Å². The highest BCUT2D eigenvalue weighted by atomic mass is 16.5. The first kappa shape index (κ1) is 17.4. The van der Waals surface area contributed by atoms with Crippen LogP contribution >= 0.6 is 0 Å². The molecule has 0 spiro atoms. The smallest absolute Gasteiger partial charge is 0.321 e. The molecule has 1 unspecified atom stereocenters. The monoisotopic (exact) mass is 299 g/mol. The van der Waals surface area contributed by atoms with Crippen molar-refractivity contribution in [2.75, 3.05) is 20.2 Å². The van der Waals surface area contributed by atoms with E-state index < -0.39 is 18.0 Å². The molecule has 0 saturated heterocycles. The number of hydrogen-bond donors (Lipinski definition) is 2. The van der Waals surface area contributed by atoms with E-state index in [1.807, 2.05) is 4.90 Å². The summed E-state index contributed by atoms with van der Waals surface area (Å²) >= 11 is 0.